The molecule has 0 aromatic heterocycles. The van der Waals surface area contributed by atoms with Gasteiger partial charge in [0.05, 0.1) is 6.61 Å². The molecule has 0 unspecified atom stereocenters. The number of rotatable bonds is 7. The van der Waals surface area contributed by atoms with E-state index >= 15 is 0 Å². The minimum Gasteiger partial charge on any atom is -0.489 e. The molecule has 0 bridgehead atoms. The topological polar surface area (TPSA) is 47.7 Å². The summed E-state index contributed by atoms with van der Waals surface area (Å²) in [6.45, 7) is 7.30. The van der Waals surface area contributed by atoms with E-state index in [1.54, 1.807) is 0 Å². The van der Waals surface area contributed by atoms with E-state index < -0.39 is 0 Å². The maximum atomic E-state index is 6.33. The van der Waals surface area contributed by atoms with Crippen LogP contribution in [0, 0.1) is 5.41 Å². The van der Waals surface area contributed by atoms with Gasteiger partial charge in [-0.1, -0.05) is 43.3 Å². The Hall–Kier alpha value is -2.82. The van der Waals surface area contributed by atoms with Crippen LogP contribution in [0.15, 0.2) is 66.7 Å². The van der Waals surface area contributed by atoms with Crippen LogP contribution in [-0.2, 0) is 24.3 Å². The van der Waals surface area contributed by atoms with Crippen LogP contribution in [0.1, 0.15) is 49.3 Å². The first-order chi connectivity index (χ1) is 17.2. The van der Waals surface area contributed by atoms with Crippen molar-refractivity contribution in [2.45, 2.75) is 52.2 Å². The standard InChI is InChI=1S/C31H38N2O2/c1-2-26-8-3-4-10-30(26)35-22-25-18-28(27-9-5-7-24(17-27)21-32)20-29(19-25)33-14-12-31(13-15-33)11-6-16-34-23-31/h3-5,7-10,17-20H,2,6,11-16,21-23,32H2,1H3. The zero-order chi connectivity index (χ0) is 24.1. The van der Waals surface area contributed by atoms with Gasteiger partial charge in [-0.25, -0.2) is 0 Å². The molecule has 3 aromatic carbocycles. The molecule has 2 aliphatic heterocycles. The second kappa shape index (κ2) is 10.8. The summed E-state index contributed by atoms with van der Waals surface area (Å²) in [6.07, 6.45) is 5.88. The predicted molar refractivity (Wildman–Crippen MR) is 144 cm³/mol. The molecule has 35 heavy (non-hydrogen) atoms. The molecule has 184 valence electrons. The SMILES string of the molecule is CCc1ccccc1OCc1cc(-c2cccc(CN)c2)cc(N2CCC3(CCCOC3)CC2)c1. The van der Waals surface area contributed by atoms with Crippen LogP contribution >= 0.6 is 0 Å². The summed E-state index contributed by atoms with van der Waals surface area (Å²) < 4.78 is 12.2. The minimum atomic E-state index is 0.387. The molecule has 4 heteroatoms. The van der Waals surface area contributed by atoms with Crippen molar-refractivity contribution in [2.24, 2.45) is 11.1 Å². The number of ether oxygens (including phenoxy) is 2. The van der Waals surface area contributed by atoms with E-state index in [4.69, 9.17) is 15.2 Å². The second-order valence-electron chi connectivity index (χ2n) is 10.2. The molecule has 0 aliphatic carbocycles. The number of anilines is 1. The predicted octanol–water partition coefficient (Wildman–Crippen LogP) is 6.35. The Morgan fingerprint density at radius 1 is 0.914 bits per heavy atom. The van der Waals surface area contributed by atoms with Gasteiger partial charge in [-0.3, -0.25) is 0 Å². The largest absolute Gasteiger partial charge is 0.489 e. The highest BCUT2D eigenvalue weighted by atomic mass is 16.5. The Kier molecular flexibility index (Phi) is 7.40. The molecule has 0 radical (unpaired) electrons. The molecule has 0 saturated carbocycles. The van der Waals surface area contributed by atoms with E-state index in [9.17, 15) is 0 Å². The molecular weight excluding hydrogens is 432 g/mol. The highest BCUT2D eigenvalue weighted by Crippen LogP contribution is 2.40. The molecule has 2 saturated heterocycles. The smallest absolute Gasteiger partial charge is 0.122 e. The normalized spacial score (nSPS) is 17.5. The Morgan fingerprint density at radius 2 is 1.74 bits per heavy atom. The van der Waals surface area contributed by atoms with E-state index in [2.05, 4.69) is 72.5 Å². The second-order valence-corrected chi connectivity index (χ2v) is 10.2. The fourth-order valence-electron chi connectivity index (χ4n) is 5.63. The highest BCUT2D eigenvalue weighted by molar-refractivity contribution is 5.70. The van der Waals surface area contributed by atoms with Crippen LogP contribution in [0.25, 0.3) is 11.1 Å². The average Bonchev–Trinajstić information content (AvgIpc) is 2.93. The van der Waals surface area contributed by atoms with Crippen molar-refractivity contribution in [3.8, 4) is 16.9 Å². The molecule has 2 fully saturated rings. The summed E-state index contributed by atoms with van der Waals surface area (Å²) in [5.41, 5.74) is 13.6. The van der Waals surface area contributed by atoms with Crippen LogP contribution in [0.2, 0.25) is 0 Å². The van der Waals surface area contributed by atoms with Crippen molar-refractivity contribution < 1.29 is 9.47 Å². The first kappa shape index (κ1) is 23.9. The van der Waals surface area contributed by atoms with Crippen LogP contribution in [0.4, 0.5) is 5.69 Å². The maximum absolute atomic E-state index is 6.33. The molecule has 1 spiro atoms. The molecule has 3 aromatic rings. The molecule has 5 rings (SSSR count). The number of hydrogen-bond acceptors (Lipinski definition) is 4. The van der Waals surface area contributed by atoms with Gasteiger partial charge in [-0.15, -0.1) is 0 Å². The van der Waals surface area contributed by atoms with Crippen molar-refractivity contribution in [1.29, 1.82) is 0 Å². The highest BCUT2D eigenvalue weighted by Gasteiger charge is 2.36. The Bertz CT molecular complexity index is 1130. The molecule has 0 atom stereocenters. The summed E-state index contributed by atoms with van der Waals surface area (Å²) in [4.78, 5) is 2.56. The van der Waals surface area contributed by atoms with Gasteiger partial charge in [0.2, 0.25) is 0 Å². The Labute approximate surface area is 210 Å². The van der Waals surface area contributed by atoms with Crippen molar-refractivity contribution in [3.05, 3.63) is 83.4 Å². The number of para-hydroxylation sites is 1. The number of aryl methyl sites for hydroxylation is 1. The molecule has 2 heterocycles. The number of hydrogen-bond donors (Lipinski definition) is 1. The third-order valence-corrected chi connectivity index (χ3v) is 7.81. The zero-order valence-corrected chi connectivity index (χ0v) is 21.0. The van der Waals surface area contributed by atoms with Crippen LogP contribution < -0.4 is 15.4 Å². The van der Waals surface area contributed by atoms with E-state index in [0.29, 0.717) is 18.6 Å². The molecular formula is C31H38N2O2. The Morgan fingerprint density at radius 3 is 2.51 bits per heavy atom. The van der Waals surface area contributed by atoms with Gasteiger partial charge in [0, 0.05) is 31.9 Å². The summed E-state index contributed by atoms with van der Waals surface area (Å²) in [5.74, 6) is 0.976. The fourth-order valence-corrected chi connectivity index (χ4v) is 5.63. The Balaban J connectivity index is 1.42. The number of benzene rings is 3. The van der Waals surface area contributed by atoms with Gasteiger partial charge < -0.3 is 20.1 Å². The number of nitrogens with zero attached hydrogens (tertiary/aromatic N) is 1. The van der Waals surface area contributed by atoms with E-state index in [1.807, 2.05) is 6.07 Å². The van der Waals surface area contributed by atoms with Gasteiger partial charge >= 0.3 is 0 Å². The number of piperidine rings is 1. The molecule has 0 amide bonds. The summed E-state index contributed by atoms with van der Waals surface area (Å²) >= 11 is 0. The van der Waals surface area contributed by atoms with Gasteiger partial charge in [0.1, 0.15) is 12.4 Å². The summed E-state index contributed by atoms with van der Waals surface area (Å²) in [5, 5.41) is 0. The third-order valence-electron chi connectivity index (χ3n) is 7.81. The van der Waals surface area contributed by atoms with Gasteiger partial charge in [0.15, 0.2) is 0 Å². The quantitative estimate of drug-likeness (QED) is 0.437. The van der Waals surface area contributed by atoms with Crippen molar-refractivity contribution in [1.82, 2.24) is 0 Å². The zero-order valence-electron chi connectivity index (χ0n) is 21.0. The molecule has 2 N–H and O–H groups in total. The van der Waals surface area contributed by atoms with Crippen LogP contribution in [0.5, 0.6) is 5.75 Å². The lowest BCUT2D eigenvalue weighted by molar-refractivity contribution is -0.0209. The van der Waals surface area contributed by atoms with Crippen molar-refractivity contribution in [2.75, 3.05) is 31.2 Å². The third kappa shape index (κ3) is 5.55. The lowest BCUT2D eigenvalue weighted by atomic mass is 9.74. The van der Waals surface area contributed by atoms with E-state index in [-0.39, 0.29) is 0 Å². The van der Waals surface area contributed by atoms with Crippen molar-refractivity contribution in [3.63, 3.8) is 0 Å². The van der Waals surface area contributed by atoms with E-state index in [0.717, 1.165) is 44.0 Å². The van der Waals surface area contributed by atoms with Crippen molar-refractivity contribution >= 4 is 5.69 Å². The first-order valence-corrected chi connectivity index (χ1v) is 13.1. The first-order valence-electron chi connectivity index (χ1n) is 13.1. The maximum Gasteiger partial charge on any atom is 0.122 e. The fraction of sp³-hybridized carbons (Fsp3) is 0.419. The lowest BCUT2D eigenvalue weighted by Crippen LogP contribution is -2.44. The molecule has 4 nitrogen and oxygen atoms in total. The molecule has 2 aliphatic rings. The van der Waals surface area contributed by atoms with Crippen LogP contribution in [0.3, 0.4) is 0 Å². The van der Waals surface area contributed by atoms with Gasteiger partial charge in [0.25, 0.3) is 0 Å². The van der Waals surface area contributed by atoms with Crippen LogP contribution in [-0.4, -0.2) is 26.3 Å². The van der Waals surface area contributed by atoms with Gasteiger partial charge in [-0.2, -0.15) is 0 Å². The van der Waals surface area contributed by atoms with E-state index in [1.165, 1.54) is 53.6 Å². The monoisotopic (exact) mass is 470 g/mol. The van der Waals surface area contributed by atoms with Gasteiger partial charge in [-0.05, 0) is 95.7 Å². The minimum absolute atomic E-state index is 0.387. The lowest BCUT2D eigenvalue weighted by Gasteiger charge is -2.44. The summed E-state index contributed by atoms with van der Waals surface area (Å²) in [6, 6.07) is 23.9. The number of nitrogens with two attached hydrogens (primary N) is 1. The summed E-state index contributed by atoms with van der Waals surface area (Å²) in [7, 11) is 0. The average molecular weight is 471 g/mol.